The summed E-state index contributed by atoms with van der Waals surface area (Å²) in [6.07, 6.45) is 3.68. The molecule has 1 aromatic carbocycles. The zero-order valence-corrected chi connectivity index (χ0v) is 14.9. The Balaban J connectivity index is 1.46. The zero-order chi connectivity index (χ0) is 17.8. The van der Waals surface area contributed by atoms with E-state index in [9.17, 15) is 0 Å². The molecule has 0 amide bonds. The maximum absolute atomic E-state index is 4.78. The molecule has 3 heterocycles. The van der Waals surface area contributed by atoms with Gasteiger partial charge in [-0.2, -0.15) is 4.98 Å². The lowest BCUT2D eigenvalue weighted by molar-refractivity contribution is 0.641. The number of nitrogens with zero attached hydrogens (tertiary/aromatic N) is 6. The number of anilines is 4. The first-order valence-corrected chi connectivity index (χ1v) is 8.84. The molecule has 0 spiro atoms. The van der Waals surface area contributed by atoms with Gasteiger partial charge in [0.05, 0.1) is 0 Å². The molecule has 0 bridgehead atoms. The molecule has 132 valence electrons. The maximum atomic E-state index is 4.78. The Bertz CT molecular complexity index is 831. The highest BCUT2D eigenvalue weighted by atomic mass is 15.3. The lowest BCUT2D eigenvalue weighted by Crippen LogP contribution is -2.47. The van der Waals surface area contributed by atoms with Gasteiger partial charge in [-0.05, 0) is 30.3 Å². The van der Waals surface area contributed by atoms with Crippen molar-refractivity contribution in [2.75, 3.05) is 47.9 Å². The first-order chi connectivity index (χ1) is 12.8. The minimum atomic E-state index is 0.709. The topological polar surface area (TPSA) is 48.4 Å². The molecule has 1 aliphatic rings. The number of aromatic nitrogens is 3. The Hall–Kier alpha value is -3.15. The quantitative estimate of drug-likeness (QED) is 0.724. The van der Waals surface area contributed by atoms with Gasteiger partial charge in [0.1, 0.15) is 11.6 Å². The van der Waals surface area contributed by atoms with Crippen molar-refractivity contribution < 1.29 is 0 Å². The van der Waals surface area contributed by atoms with Crippen molar-refractivity contribution in [2.24, 2.45) is 0 Å². The number of hydrogen-bond acceptors (Lipinski definition) is 6. The summed E-state index contributed by atoms with van der Waals surface area (Å²) < 4.78 is 0. The first-order valence-electron chi connectivity index (χ1n) is 8.84. The molecule has 0 atom stereocenters. The first kappa shape index (κ1) is 16.3. The lowest BCUT2D eigenvalue weighted by Gasteiger charge is -2.36. The van der Waals surface area contributed by atoms with Crippen LogP contribution in [0.5, 0.6) is 0 Å². The predicted molar refractivity (Wildman–Crippen MR) is 105 cm³/mol. The number of benzene rings is 1. The average molecular weight is 346 g/mol. The van der Waals surface area contributed by atoms with Crippen LogP contribution >= 0.6 is 0 Å². The molecule has 0 aliphatic carbocycles. The van der Waals surface area contributed by atoms with Crippen LogP contribution in [0.2, 0.25) is 0 Å². The SMILES string of the molecule is CN(c1ccccc1)c1nccc(N2CCN(c3ccccn3)CC2)n1. The Morgan fingerprint density at radius 2 is 1.42 bits per heavy atom. The van der Waals surface area contributed by atoms with E-state index in [1.54, 1.807) is 0 Å². The molecule has 4 rings (SSSR count). The molecule has 0 unspecified atom stereocenters. The predicted octanol–water partition coefficient (Wildman–Crippen LogP) is 2.97. The second kappa shape index (κ2) is 7.39. The van der Waals surface area contributed by atoms with E-state index in [1.807, 2.05) is 60.7 Å². The summed E-state index contributed by atoms with van der Waals surface area (Å²) in [7, 11) is 1.99. The van der Waals surface area contributed by atoms with Gasteiger partial charge >= 0.3 is 0 Å². The van der Waals surface area contributed by atoms with Crippen LogP contribution in [0.1, 0.15) is 0 Å². The molecule has 3 aromatic rings. The highest BCUT2D eigenvalue weighted by Crippen LogP contribution is 2.22. The normalized spacial score (nSPS) is 14.3. The number of pyridine rings is 1. The summed E-state index contributed by atoms with van der Waals surface area (Å²) in [6.45, 7) is 3.71. The average Bonchev–Trinajstić information content (AvgIpc) is 2.75. The van der Waals surface area contributed by atoms with Gasteiger partial charge in [-0.1, -0.05) is 24.3 Å². The van der Waals surface area contributed by atoms with E-state index < -0.39 is 0 Å². The molecule has 1 aliphatic heterocycles. The third-order valence-corrected chi connectivity index (χ3v) is 4.65. The summed E-state index contributed by atoms with van der Waals surface area (Å²) in [5.74, 6) is 2.72. The molecule has 6 heteroatoms. The number of para-hydroxylation sites is 1. The summed E-state index contributed by atoms with van der Waals surface area (Å²) in [4.78, 5) is 20.3. The van der Waals surface area contributed by atoms with E-state index in [2.05, 4.69) is 38.0 Å². The highest BCUT2D eigenvalue weighted by Gasteiger charge is 2.19. The second-order valence-electron chi connectivity index (χ2n) is 6.27. The van der Waals surface area contributed by atoms with Gasteiger partial charge in [0, 0.05) is 51.3 Å². The Kier molecular flexibility index (Phi) is 4.64. The molecule has 0 N–H and O–H groups in total. The fourth-order valence-electron chi connectivity index (χ4n) is 3.15. The number of hydrogen-bond donors (Lipinski definition) is 0. The van der Waals surface area contributed by atoms with Crippen molar-refractivity contribution in [1.29, 1.82) is 0 Å². The maximum Gasteiger partial charge on any atom is 0.231 e. The molecular weight excluding hydrogens is 324 g/mol. The van der Waals surface area contributed by atoms with E-state index in [4.69, 9.17) is 4.98 Å². The van der Waals surface area contributed by atoms with E-state index in [1.165, 1.54) is 0 Å². The number of rotatable bonds is 4. The van der Waals surface area contributed by atoms with Gasteiger partial charge in [-0.3, -0.25) is 0 Å². The van der Waals surface area contributed by atoms with Gasteiger partial charge in [-0.25, -0.2) is 9.97 Å². The van der Waals surface area contributed by atoms with Crippen molar-refractivity contribution >= 4 is 23.3 Å². The van der Waals surface area contributed by atoms with E-state index in [0.717, 1.165) is 43.5 Å². The highest BCUT2D eigenvalue weighted by molar-refractivity contribution is 5.57. The number of piperazine rings is 1. The second-order valence-corrected chi connectivity index (χ2v) is 6.27. The largest absolute Gasteiger partial charge is 0.353 e. The van der Waals surface area contributed by atoms with Crippen LogP contribution in [0, 0.1) is 0 Å². The third kappa shape index (κ3) is 3.44. The van der Waals surface area contributed by atoms with Crippen LogP contribution in [0.3, 0.4) is 0 Å². The van der Waals surface area contributed by atoms with Crippen molar-refractivity contribution in [1.82, 2.24) is 15.0 Å². The van der Waals surface area contributed by atoms with Gasteiger partial charge in [0.25, 0.3) is 0 Å². The van der Waals surface area contributed by atoms with Crippen LogP contribution in [-0.4, -0.2) is 48.2 Å². The minimum Gasteiger partial charge on any atom is -0.353 e. The third-order valence-electron chi connectivity index (χ3n) is 4.65. The molecule has 1 saturated heterocycles. The molecule has 0 saturated carbocycles. The smallest absolute Gasteiger partial charge is 0.231 e. The molecule has 26 heavy (non-hydrogen) atoms. The standard InChI is InChI=1S/C20H22N6/c1-24(17-7-3-2-4-8-17)20-22-12-10-19(23-20)26-15-13-25(14-16-26)18-9-5-6-11-21-18/h2-12H,13-16H2,1H3. The summed E-state index contributed by atoms with van der Waals surface area (Å²) in [5.41, 5.74) is 1.07. The molecule has 0 radical (unpaired) electrons. The van der Waals surface area contributed by atoms with Gasteiger partial charge in [0.2, 0.25) is 5.95 Å². The van der Waals surface area contributed by atoms with Gasteiger partial charge in [-0.15, -0.1) is 0 Å². The summed E-state index contributed by atoms with van der Waals surface area (Å²) in [5, 5.41) is 0. The Morgan fingerprint density at radius 1 is 0.731 bits per heavy atom. The molecular formula is C20H22N6. The van der Waals surface area contributed by atoms with E-state index in [-0.39, 0.29) is 0 Å². The molecule has 1 fully saturated rings. The monoisotopic (exact) mass is 346 g/mol. The van der Waals surface area contributed by atoms with Crippen molar-refractivity contribution in [3.63, 3.8) is 0 Å². The lowest BCUT2D eigenvalue weighted by atomic mass is 10.3. The van der Waals surface area contributed by atoms with E-state index >= 15 is 0 Å². The van der Waals surface area contributed by atoms with Crippen LogP contribution in [-0.2, 0) is 0 Å². The Labute approximate surface area is 153 Å². The fourth-order valence-corrected chi connectivity index (χ4v) is 3.15. The fraction of sp³-hybridized carbons (Fsp3) is 0.250. The van der Waals surface area contributed by atoms with Crippen molar-refractivity contribution in [3.05, 3.63) is 67.0 Å². The van der Waals surface area contributed by atoms with Gasteiger partial charge in [0.15, 0.2) is 0 Å². The molecule has 6 nitrogen and oxygen atoms in total. The van der Waals surface area contributed by atoms with E-state index in [0.29, 0.717) is 5.95 Å². The minimum absolute atomic E-state index is 0.709. The van der Waals surface area contributed by atoms with Crippen LogP contribution < -0.4 is 14.7 Å². The summed E-state index contributed by atoms with van der Waals surface area (Å²) in [6, 6.07) is 18.2. The zero-order valence-electron chi connectivity index (χ0n) is 14.9. The van der Waals surface area contributed by atoms with Gasteiger partial charge < -0.3 is 14.7 Å². The van der Waals surface area contributed by atoms with Crippen LogP contribution in [0.4, 0.5) is 23.3 Å². The van der Waals surface area contributed by atoms with Crippen LogP contribution in [0.15, 0.2) is 67.0 Å². The Morgan fingerprint density at radius 3 is 2.12 bits per heavy atom. The molecule has 2 aromatic heterocycles. The van der Waals surface area contributed by atoms with Crippen molar-refractivity contribution in [2.45, 2.75) is 0 Å². The van der Waals surface area contributed by atoms with Crippen LogP contribution in [0.25, 0.3) is 0 Å². The van der Waals surface area contributed by atoms with Crippen molar-refractivity contribution in [3.8, 4) is 0 Å². The summed E-state index contributed by atoms with van der Waals surface area (Å²) >= 11 is 0.